The van der Waals surface area contributed by atoms with Gasteiger partial charge < -0.3 is 5.73 Å². The van der Waals surface area contributed by atoms with Crippen LogP contribution in [0.25, 0.3) is 0 Å². The average Bonchev–Trinajstić information content (AvgIpc) is 2.53. The maximum absolute atomic E-state index is 11.9. The topological polar surface area (TPSA) is 125 Å². The summed E-state index contributed by atoms with van der Waals surface area (Å²) >= 11 is 5.67. The van der Waals surface area contributed by atoms with Crippen LogP contribution in [0.15, 0.2) is 58.6 Å². The van der Waals surface area contributed by atoms with Crippen LogP contribution in [0.1, 0.15) is 5.56 Å². The second kappa shape index (κ2) is 6.63. The number of amidine groups is 1. The van der Waals surface area contributed by atoms with Crippen LogP contribution in [-0.2, 0) is 14.4 Å². The van der Waals surface area contributed by atoms with E-state index in [-0.39, 0.29) is 22.0 Å². The molecule has 0 aliphatic carbocycles. The van der Waals surface area contributed by atoms with Crippen LogP contribution in [0, 0.1) is 10.1 Å². The summed E-state index contributed by atoms with van der Waals surface area (Å²) in [7, 11) is -4.17. The van der Waals surface area contributed by atoms with Gasteiger partial charge in [0.1, 0.15) is 4.90 Å². The predicted octanol–water partition coefficient (Wildman–Crippen LogP) is 2.27. The van der Waals surface area contributed by atoms with Gasteiger partial charge >= 0.3 is 10.1 Å². The van der Waals surface area contributed by atoms with Gasteiger partial charge in [-0.3, -0.25) is 14.4 Å². The summed E-state index contributed by atoms with van der Waals surface area (Å²) in [6.45, 7) is 0. The Hall–Kier alpha value is -2.65. The van der Waals surface area contributed by atoms with Crippen molar-refractivity contribution >= 4 is 33.2 Å². The summed E-state index contributed by atoms with van der Waals surface area (Å²) in [5.41, 5.74) is 5.54. The first-order chi connectivity index (χ1) is 10.8. The highest BCUT2D eigenvalue weighted by atomic mass is 35.5. The zero-order valence-corrected chi connectivity index (χ0v) is 13.0. The number of nitrogens with two attached hydrogens (primary N) is 1. The highest BCUT2D eigenvalue weighted by molar-refractivity contribution is 7.86. The number of rotatable bonds is 5. The number of nitro groups is 1. The second-order valence-corrected chi connectivity index (χ2v) is 6.23. The number of benzene rings is 2. The molecule has 0 fully saturated rings. The van der Waals surface area contributed by atoms with Gasteiger partial charge in [0.15, 0.2) is 5.84 Å². The first-order valence-corrected chi connectivity index (χ1v) is 7.86. The summed E-state index contributed by atoms with van der Waals surface area (Å²) in [5.74, 6) is -0.314. The Kier molecular flexibility index (Phi) is 4.82. The van der Waals surface area contributed by atoms with Gasteiger partial charge in [-0.2, -0.15) is 8.42 Å². The van der Waals surface area contributed by atoms with Gasteiger partial charge in [0.25, 0.3) is 5.69 Å². The number of hydrogen-bond donors (Lipinski definition) is 1. The van der Waals surface area contributed by atoms with E-state index >= 15 is 0 Å². The SMILES string of the molecule is N/C(=N/OS(=O)(=O)c1ccc(Cl)cc1)c1cccc([N+](=O)[O-])c1. The molecule has 0 aliphatic rings. The zero-order valence-electron chi connectivity index (χ0n) is 11.4. The predicted molar refractivity (Wildman–Crippen MR) is 83.5 cm³/mol. The van der Waals surface area contributed by atoms with Crippen molar-refractivity contribution < 1.29 is 17.6 Å². The number of non-ortho nitro benzene ring substituents is 1. The third-order valence-electron chi connectivity index (χ3n) is 2.69. The van der Waals surface area contributed by atoms with E-state index in [1.807, 2.05) is 0 Å². The Balaban J connectivity index is 2.23. The number of nitrogens with zero attached hydrogens (tertiary/aromatic N) is 2. The highest BCUT2D eigenvalue weighted by Gasteiger charge is 2.16. The third kappa shape index (κ3) is 4.18. The molecule has 2 aromatic carbocycles. The first-order valence-electron chi connectivity index (χ1n) is 6.07. The van der Waals surface area contributed by atoms with Crippen molar-refractivity contribution in [2.75, 3.05) is 0 Å². The van der Waals surface area contributed by atoms with Crippen molar-refractivity contribution in [2.24, 2.45) is 10.9 Å². The van der Waals surface area contributed by atoms with Crippen LogP contribution < -0.4 is 5.73 Å². The Labute approximate surface area is 136 Å². The largest absolute Gasteiger partial charge is 0.380 e. The first kappa shape index (κ1) is 16.7. The van der Waals surface area contributed by atoms with Crippen LogP contribution in [0.4, 0.5) is 5.69 Å². The van der Waals surface area contributed by atoms with Crippen molar-refractivity contribution in [1.82, 2.24) is 0 Å². The highest BCUT2D eigenvalue weighted by Crippen LogP contribution is 2.17. The lowest BCUT2D eigenvalue weighted by molar-refractivity contribution is -0.384. The molecule has 0 saturated heterocycles. The van der Waals surface area contributed by atoms with Gasteiger partial charge in [-0.1, -0.05) is 23.7 Å². The van der Waals surface area contributed by atoms with E-state index in [1.165, 1.54) is 42.5 Å². The van der Waals surface area contributed by atoms with Crippen LogP contribution in [0.3, 0.4) is 0 Å². The number of nitro benzene ring substituents is 1. The molecule has 2 rings (SSSR count). The van der Waals surface area contributed by atoms with E-state index in [9.17, 15) is 18.5 Å². The molecule has 0 bridgehead atoms. The molecule has 2 N–H and O–H groups in total. The van der Waals surface area contributed by atoms with Crippen molar-refractivity contribution in [3.63, 3.8) is 0 Å². The van der Waals surface area contributed by atoms with E-state index in [4.69, 9.17) is 17.3 Å². The second-order valence-electron chi connectivity index (χ2n) is 4.27. The van der Waals surface area contributed by atoms with Gasteiger partial charge in [-0.05, 0) is 29.4 Å². The summed E-state index contributed by atoms with van der Waals surface area (Å²) in [6, 6.07) is 10.5. The maximum atomic E-state index is 11.9. The number of hydrogen-bond acceptors (Lipinski definition) is 6. The number of oxime groups is 1. The van der Waals surface area contributed by atoms with Crippen LogP contribution >= 0.6 is 11.6 Å². The normalized spacial score (nSPS) is 12.0. The Morgan fingerprint density at radius 3 is 2.48 bits per heavy atom. The molecule has 2 aromatic rings. The molecule has 0 atom stereocenters. The molecular weight excluding hydrogens is 346 g/mol. The monoisotopic (exact) mass is 355 g/mol. The van der Waals surface area contributed by atoms with E-state index in [2.05, 4.69) is 9.44 Å². The standard InChI is InChI=1S/C13H10ClN3O5S/c14-10-4-6-12(7-5-10)23(20,21)22-16-13(15)9-2-1-3-11(8-9)17(18)19/h1-8H,(H2,15,16). The van der Waals surface area contributed by atoms with Crippen molar-refractivity contribution in [3.8, 4) is 0 Å². The molecule has 0 saturated carbocycles. The molecule has 0 amide bonds. The van der Waals surface area contributed by atoms with E-state index < -0.39 is 15.0 Å². The lowest BCUT2D eigenvalue weighted by Crippen LogP contribution is -2.15. The molecule has 8 nitrogen and oxygen atoms in total. The molecule has 120 valence electrons. The van der Waals surface area contributed by atoms with Crippen LogP contribution in [0.2, 0.25) is 5.02 Å². The molecule has 0 aromatic heterocycles. The molecule has 10 heteroatoms. The van der Waals surface area contributed by atoms with Crippen molar-refractivity contribution in [3.05, 3.63) is 69.2 Å². The Morgan fingerprint density at radius 2 is 1.87 bits per heavy atom. The summed E-state index contributed by atoms with van der Waals surface area (Å²) in [5, 5.41) is 14.4. The van der Waals surface area contributed by atoms with Crippen LogP contribution in [0.5, 0.6) is 0 Å². The quantitative estimate of drug-likeness (QED) is 0.379. The fourth-order valence-corrected chi connectivity index (χ4v) is 2.42. The molecule has 0 radical (unpaired) electrons. The van der Waals surface area contributed by atoms with E-state index in [0.29, 0.717) is 5.02 Å². The van der Waals surface area contributed by atoms with Crippen LogP contribution in [-0.4, -0.2) is 19.2 Å². The molecule has 0 spiro atoms. The Bertz CT molecular complexity index is 865. The molecule has 0 heterocycles. The van der Waals surface area contributed by atoms with Gasteiger partial charge in [-0.25, -0.2) is 0 Å². The molecular formula is C13H10ClN3O5S. The average molecular weight is 356 g/mol. The molecule has 23 heavy (non-hydrogen) atoms. The van der Waals surface area contributed by atoms with Gasteiger partial charge in [0, 0.05) is 22.7 Å². The minimum Gasteiger partial charge on any atom is -0.380 e. The third-order valence-corrected chi connectivity index (χ3v) is 4.06. The van der Waals surface area contributed by atoms with Gasteiger partial charge in [-0.15, -0.1) is 0 Å². The zero-order chi connectivity index (χ0) is 17.0. The van der Waals surface area contributed by atoms with Crippen molar-refractivity contribution in [1.29, 1.82) is 0 Å². The lowest BCUT2D eigenvalue weighted by Gasteiger charge is -2.03. The molecule has 0 unspecified atom stereocenters. The van der Waals surface area contributed by atoms with E-state index in [0.717, 1.165) is 6.07 Å². The fraction of sp³-hybridized carbons (Fsp3) is 0. The summed E-state index contributed by atoms with van der Waals surface area (Å²) in [6.07, 6.45) is 0. The minimum absolute atomic E-state index is 0.155. The lowest BCUT2D eigenvalue weighted by atomic mass is 10.2. The Morgan fingerprint density at radius 1 is 1.22 bits per heavy atom. The smallest absolute Gasteiger partial charge is 0.358 e. The van der Waals surface area contributed by atoms with Gasteiger partial charge in [0.05, 0.1) is 4.92 Å². The summed E-state index contributed by atoms with van der Waals surface area (Å²) < 4.78 is 28.3. The number of halogens is 1. The van der Waals surface area contributed by atoms with E-state index in [1.54, 1.807) is 0 Å². The van der Waals surface area contributed by atoms with Gasteiger partial charge in [0.2, 0.25) is 0 Å². The maximum Gasteiger partial charge on any atom is 0.358 e. The summed E-state index contributed by atoms with van der Waals surface area (Å²) in [4.78, 5) is 9.93. The van der Waals surface area contributed by atoms with Crippen molar-refractivity contribution in [2.45, 2.75) is 4.90 Å². The molecule has 0 aliphatic heterocycles. The fourth-order valence-electron chi connectivity index (χ4n) is 1.57. The minimum atomic E-state index is -4.17.